The Morgan fingerprint density at radius 1 is 1.50 bits per heavy atom. The zero-order valence-electron chi connectivity index (χ0n) is 5.10. The molecule has 0 spiro atoms. The Bertz CT molecular complexity index is 202. The minimum absolute atomic E-state index is 0.388. The number of halogens is 1. The van der Waals surface area contributed by atoms with Crippen LogP contribution in [0.4, 0.5) is 0 Å². The zero-order valence-corrected chi connectivity index (χ0v) is 4.85. The molecule has 0 aromatic heterocycles. The van der Waals surface area contributed by atoms with Gasteiger partial charge >= 0.3 is 0 Å². The Hall–Kier alpha value is -0.690. The molecular formula is C6H5ClO. The van der Waals surface area contributed by atoms with Crippen LogP contribution in [-0.4, -0.2) is 6.54 Å². The van der Waals surface area contributed by atoms with Crippen LogP contribution >= 0.6 is 11.6 Å². The van der Waals surface area contributed by atoms with Crippen molar-refractivity contribution in [2.24, 2.45) is 0 Å². The summed E-state index contributed by atoms with van der Waals surface area (Å²) in [6.45, 7) is 0. The van der Waals surface area contributed by atoms with Crippen molar-refractivity contribution in [2.75, 3.05) is 0 Å². The first-order valence-corrected chi connectivity index (χ1v) is 2.60. The van der Waals surface area contributed by atoms with Gasteiger partial charge in [-0.2, -0.15) is 0 Å². The van der Waals surface area contributed by atoms with Gasteiger partial charge in [-0.3, -0.25) is 0 Å². The lowest BCUT2D eigenvalue weighted by Gasteiger charge is -1.89. The van der Waals surface area contributed by atoms with Gasteiger partial charge in [0.1, 0.15) is 5.75 Å². The quantitative estimate of drug-likeness (QED) is 0.615. The number of hydrogen-bond donors (Lipinski definition) is 1. The molecule has 8 heavy (non-hydrogen) atoms. The van der Waals surface area contributed by atoms with Crippen molar-refractivity contribution in [1.29, 1.82) is 1.43 Å². The van der Waals surface area contributed by atoms with Gasteiger partial charge in [0.15, 0.2) is 0 Å². The Morgan fingerprint density at radius 3 is 2.75 bits per heavy atom. The lowest BCUT2D eigenvalue weighted by atomic mass is 10.3. The minimum Gasteiger partial charge on any atom is -0.506 e. The first-order valence-electron chi connectivity index (χ1n) is 2.63. The molecule has 42 valence electrons. The monoisotopic (exact) mass is 129 g/mol. The summed E-state index contributed by atoms with van der Waals surface area (Å²) in [5, 5.41) is 4.63. The third kappa shape index (κ3) is 0.928. The smallest absolute Gasteiger partial charge is 0.293 e. The molecule has 0 atom stereocenters. The SMILES string of the molecule is [2H]Oc1ccccc1Cl. The molecule has 1 aromatic rings. The highest BCUT2D eigenvalue weighted by molar-refractivity contribution is 6.31. The van der Waals surface area contributed by atoms with Crippen molar-refractivity contribution < 1.29 is 5.11 Å². The molecule has 0 bridgehead atoms. The lowest BCUT2D eigenvalue weighted by Crippen LogP contribution is -1.62. The van der Waals surface area contributed by atoms with Crippen LogP contribution in [0.25, 0.3) is 0 Å². The van der Waals surface area contributed by atoms with E-state index in [0.717, 1.165) is 0 Å². The van der Waals surface area contributed by atoms with Crippen molar-refractivity contribution in [1.82, 2.24) is 0 Å². The molecule has 0 aliphatic rings. The van der Waals surface area contributed by atoms with Gasteiger partial charge in [-0.05, 0) is 12.1 Å². The van der Waals surface area contributed by atoms with E-state index in [1.165, 1.54) is 0 Å². The normalized spacial score (nSPS) is 10.4. The number of benzene rings is 1. The van der Waals surface area contributed by atoms with Crippen molar-refractivity contribution in [3.63, 3.8) is 0 Å². The van der Waals surface area contributed by atoms with Gasteiger partial charge in [0.2, 0.25) is 0 Å². The molecule has 0 unspecified atom stereocenters. The number of phenols is 1. The summed E-state index contributed by atoms with van der Waals surface area (Å²) in [6, 6.07) is 6.85. The first kappa shape index (κ1) is 4.21. The number of hydrogen-bond acceptors (Lipinski definition) is 1. The number of para-hydroxylation sites is 1. The Morgan fingerprint density at radius 2 is 2.25 bits per heavy atom. The molecule has 0 aliphatic heterocycles. The lowest BCUT2D eigenvalue weighted by molar-refractivity contribution is 0.475. The standard InChI is InChI=1S/C6H5ClO/c7-5-3-1-2-4-6(5)8/h1-4,8H/i/hD. The molecular weight excluding hydrogens is 124 g/mol. The fourth-order valence-electron chi connectivity index (χ4n) is 0.445. The fraction of sp³-hybridized carbons (Fsp3) is 0. The summed E-state index contributed by atoms with van der Waals surface area (Å²) in [5.41, 5.74) is 0. The molecule has 1 nitrogen and oxygen atoms in total. The Labute approximate surface area is 54.0 Å². The highest BCUT2D eigenvalue weighted by Gasteiger charge is 1.89. The van der Waals surface area contributed by atoms with Crippen LogP contribution in [0.15, 0.2) is 24.3 Å². The van der Waals surface area contributed by atoms with Crippen LogP contribution in [0.1, 0.15) is 0 Å². The average molecular weight is 130 g/mol. The van der Waals surface area contributed by atoms with Gasteiger partial charge in [-0.15, -0.1) is 0 Å². The van der Waals surface area contributed by atoms with E-state index in [1.807, 2.05) is 0 Å². The minimum atomic E-state index is 0.388. The molecule has 1 aromatic carbocycles. The average Bonchev–Trinajstić information content (AvgIpc) is 1.89. The van der Waals surface area contributed by atoms with Crippen LogP contribution in [0.5, 0.6) is 5.75 Å². The van der Waals surface area contributed by atoms with E-state index in [0.29, 0.717) is 10.8 Å². The zero-order chi connectivity index (χ0) is 6.69. The van der Waals surface area contributed by atoms with Gasteiger partial charge in [-0.1, -0.05) is 23.7 Å². The van der Waals surface area contributed by atoms with Crippen molar-refractivity contribution in [3.05, 3.63) is 29.3 Å². The highest BCUT2D eigenvalue weighted by atomic mass is 35.5. The van der Waals surface area contributed by atoms with E-state index in [9.17, 15) is 0 Å². The van der Waals surface area contributed by atoms with Crippen molar-refractivity contribution in [2.45, 2.75) is 0 Å². The van der Waals surface area contributed by atoms with E-state index >= 15 is 0 Å². The summed E-state index contributed by atoms with van der Waals surface area (Å²) >= 11 is 5.58. The molecule has 0 amide bonds. The summed E-state index contributed by atoms with van der Waals surface area (Å²) in [7, 11) is 0. The van der Waals surface area contributed by atoms with E-state index in [2.05, 4.69) is 5.11 Å². The molecule has 0 radical (unpaired) electrons. The second kappa shape index (κ2) is 2.05. The third-order valence-electron chi connectivity index (χ3n) is 0.837. The van der Waals surface area contributed by atoms with Crippen LogP contribution < -0.4 is 0 Å². The largest absolute Gasteiger partial charge is 0.506 e. The molecule has 0 saturated carbocycles. The molecule has 1 rings (SSSR count). The van der Waals surface area contributed by atoms with Crippen LogP contribution in [0.2, 0.25) is 5.02 Å². The van der Waals surface area contributed by atoms with E-state index < -0.39 is 0 Å². The van der Waals surface area contributed by atoms with Gasteiger partial charge in [-0.25, -0.2) is 0 Å². The molecule has 0 fully saturated rings. The van der Waals surface area contributed by atoms with Gasteiger partial charge in [0.25, 0.3) is 1.43 Å². The highest BCUT2D eigenvalue weighted by Crippen LogP contribution is 2.20. The molecule has 0 heterocycles. The summed E-state index contributed by atoms with van der Waals surface area (Å²) in [5.74, 6) is 0.388. The van der Waals surface area contributed by atoms with Crippen molar-refractivity contribution in [3.8, 4) is 5.75 Å². The Kier molecular flexibility index (Phi) is 1.08. The molecule has 1 N–H and O–H groups in total. The number of phenolic OH excluding ortho intramolecular Hbond substituents is 1. The number of rotatable bonds is 1. The third-order valence-corrected chi connectivity index (χ3v) is 1.15. The van der Waals surface area contributed by atoms with Gasteiger partial charge in [0, 0.05) is 0 Å². The summed E-state index contributed by atoms with van der Waals surface area (Å²) in [4.78, 5) is 0. The summed E-state index contributed by atoms with van der Waals surface area (Å²) < 4.78 is 6.50. The van der Waals surface area contributed by atoms with E-state index in [-0.39, 0.29) is 0 Å². The first-order chi connectivity index (χ1) is 4.34. The predicted molar refractivity (Wildman–Crippen MR) is 33.1 cm³/mol. The van der Waals surface area contributed by atoms with Crippen LogP contribution in [0, 0.1) is 0 Å². The fourth-order valence-corrected chi connectivity index (χ4v) is 0.580. The number of aromatic hydroxyl groups is 1. The topological polar surface area (TPSA) is 20.2 Å². The molecule has 0 saturated heterocycles. The second-order valence-electron chi connectivity index (χ2n) is 1.43. The van der Waals surface area contributed by atoms with Crippen molar-refractivity contribution >= 4 is 11.6 Å². The Balaban J connectivity index is 3.01. The van der Waals surface area contributed by atoms with Gasteiger partial charge < -0.3 is 5.11 Å². The van der Waals surface area contributed by atoms with E-state index in [4.69, 9.17) is 13.0 Å². The maximum Gasteiger partial charge on any atom is 0.293 e. The molecule has 0 aliphatic carbocycles. The maximum absolute atomic E-state index is 6.50. The molecule has 2 heteroatoms. The van der Waals surface area contributed by atoms with E-state index in [1.54, 1.807) is 24.3 Å². The summed E-state index contributed by atoms with van der Waals surface area (Å²) in [6.07, 6.45) is 0. The predicted octanol–water partition coefficient (Wildman–Crippen LogP) is 2.05. The second-order valence-corrected chi connectivity index (χ2v) is 1.84. The maximum atomic E-state index is 6.50. The van der Waals surface area contributed by atoms with Crippen LogP contribution in [0.3, 0.4) is 0 Å². The van der Waals surface area contributed by atoms with Gasteiger partial charge in [0.05, 0.1) is 5.02 Å². The van der Waals surface area contributed by atoms with Crippen LogP contribution in [-0.2, 0) is 0 Å².